The third-order valence-electron chi connectivity index (χ3n) is 6.20. The van der Waals surface area contributed by atoms with Crippen LogP contribution in [0, 0.1) is 0 Å². The summed E-state index contributed by atoms with van der Waals surface area (Å²) in [6, 6.07) is 5.25. The van der Waals surface area contributed by atoms with Crippen molar-refractivity contribution < 1.29 is 28.6 Å². The number of carbonyl (C=O) groups excluding carboxylic acids is 3. The van der Waals surface area contributed by atoms with Gasteiger partial charge in [-0.05, 0) is 32.9 Å². The van der Waals surface area contributed by atoms with Gasteiger partial charge in [-0.15, -0.1) is 0 Å². The zero-order chi connectivity index (χ0) is 25.4. The molecule has 5 heterocycles. The zero-order valence-corrected chi connectivity index (χ0v) is 20.0. The highest BCUT2D eigenvalue weighted by Crippen LogP contribution is 2.43. The first-order valence-corrected chi connectivity index (χ1v) is 11.3. The second-order valence-corrected chi connectivity index (χ2v) is 9.66. The number of pyridine rings is 1. The van der Waals surface area contributed by atoms with Gasteiger partial charge in [-0.1, -0.05) is 0 Å². The summed E-state index contributed by atoms with van der Waals surface area (Å²) in [5.41, 5.74) is 1.88. The molecule has 3 aromatic heterocycles. The van der Waals surface area contributed by atoms with Crippen LogP contribution in [0.3, 0.4) is 0 Å². The molecule has 10 heteroatoms. The van der Waals surface area contributed by atoms with Crippen molar-refractivity contribution in [3.05, 3.63) is 54.1 Å². The van der Waals surface area contributed by atoms with Gasteiger partial charge in [0.25, 0.3) is 11.8 Å². The van der Waals surface area contributed by atoms with E-state index < -0.39 is 23.5 Å². The van der Waals surface area contributed by atoms with E-state index in [9.17, 15) is 14.4 Å². The fourth-order valence-corrected chi connectivity index (χ4v) is 4.59. The summed E-state index contributed by atoms with van der Waals surface area (Å²) in [4.78, 5) is 48.3. The first-order valence-electron chi connectivity index (χ1n) is 11.3. The summed E-state index contributed by atoms with van der Waals surface area (Å²) in [6.45, 7) is 5.44. The maximum atomic E-state index is 13.4. The SMILES string of the molecule is CN1C(=O)C(c2c[nH]c3cc4c(cc23)OCO4)=C(c2cn(C(=O)OC(C)(C)C)c3ccncc23)C1=O. The fraction of sp³-hybridized carbons (Fsp3) is 0.231. The summed E-state index contributed by atoms with van der Waals surface area (Å²) in [6.07, 6.45) is 5.74. The van der Waals surface area contributed by atoms with Crippen LogP contribution in [0.5, 0.6) is 11.5 Å². The summed E-state index contributed by atoms with van der Waals surface area (Å²) in [7, 11) is 1.44. The largest absolute Gasteiger partial charge is 0.454 e. The Balaban J connectivity index is 1.61. The number of imide groups is 1. The van der Waals surface area contributed by atoms with Gasteiger partial charge >= 0.3 is 6.09 Å². The van der Waals surface area contributed by atoms with Gasteiger partial charge in [0.15, 0.2) is 11.5 Å². The highest BCUT2D eigenvalue weighted by Gasteiger charge is 2.40. The predicted molar refractivity (Wildman–Crippen MR) is 130 cm³/mol. The molecule has 10 nitrogen and oxygen atoms in total. The van der Waals surface area contributed by atoms with Crippen molar-refractivity contribution in [2.45, 2.75) is 26.4 Å². The van der Waals surface area contributed by atoms with Gasteiger partial charge in [0.05, 0.1) is 16.7 Å². The van der Waals surface area contributed by atoms with Crippen molar-refractivity contribution in [2.75, 3.05) is 13.8 Å². The molecule has 6 rings (SSSR count). The quantitative estimate of drug-likeness (QED) is 0.427. The van der Waals surface area contributed by atoms with Gasteiger partial charge in [0.1, 0.15) is 5.60 Å². The van der Waals surface area contributed by atoms with E-state index in [1.54, 1.807) is 57.6 Å². The predicted octanol–water partition coefficient (Wildman–Crippen LogP) is 3.94. The van der Waals surface area contributed by atoms with E-state index in [1.807, 2.05) is 0 Å². The molecular formula is C26H22N4O6. The molecule has 0 atom stereocenters. The standard InChI is InChI=1S/C26H22N4O6/c1-26(2,3)36-25(33)30-11-16(14-9-27-6-5-18(14)30)22-21(23(31)29(4)24(22)32)15-10-28-17-8-20-19(7-13(15)17)34-12-35-20/h5-11,28H,12H2,1-4H3. The molecule has 0 unspecified atom stereocenters. The summed E-state index contributed by atoms with van der Waals surface area (Å²) in [5.74, 6) is 0.233. The highest BCUT2D eigenvalue weighted by atomic mass is 16.7. The number of H-pyrrole nitrogens is 1. The molecule has 36 heavy (non-hydrogen) atoms. The molecule has 1 aromatic carbocycles. The fourth-order valence-electron chi connectivity index (χ4n) is 4.59. The van der Waals surface area contributed by atoms with Gasteiger partial charge in [-0.2, -0.15) is 0 Å². The van der Waals surface area contributed by atoms with Crippen LogP contribution in [0.1, 0.15) is 31.9 Å². The Kier molecular flexibility index (Phi) is 4.53. The number of fused-ring (bicyclic) bond motifs is 3. The number of likely N-dealkylation sites (N-methyl/N-ethyl adjacent to an activating group) is 1. The molecule has 2 aliphatic heterocycles. The lowest BCUT2D eigenvalue weighted by atomic mass is 9.96. The number of carbonyl (C=O) groups is 3. The molecule has 1 N–H and O–H groups in total. The van der Waals surface area contributed by atoms with Crippen LogP contribution in [0.25, 0.3) is 33.0 Å². The molecule has 2 aliphatic rings. The highest BCUT2D eigenvalue weighted by molar-refractivity contribution is 6.50. The van der Waals surface area contributed by atoms with Gasteiger partial charge in [0.2, 0.25) is 6.79 Å². The van der Waals surface area contributed by atoms with E-state index in [-0.39, 0.29) is 17.9 Å². The minimum absolute atomic E-state index is 0.114. The second kappa shape index (κ2) is 7.45. The normalized spacial score (nSPS) is 15.6. The Morgan fingerprint density at radius 1 is 1.06 bits per heavy atom. The zero-order valence-electron chi connectivity index (χ0n) is 20.0. The van der Waals surface area contributed by atoms with Gasteiger partial charge in [-0.3, -0.25) is 24.0 Å². The molecule has 2 amide bonds. The lowest BCUT2D eigenvalue weighted by Gasteiger charge is -2.19. The topological polar surface area (TPSA) is 116 Å². The number of benzene rings is 1. The third kappa shape index (κ3) is 3.18. The number of rotatable bonds is 2. The van der Waals surface area contributed by atoms with E-state index in [1.165, 1.54) is 17.8 Å². The average Bonchev–Trinajstić information content (AvgIpc) is 3.58. The van der Waals surface area contributed by atoms with Crippen LogP contribution in [0.4, 0.5) is 4.79 Å². The number of nitrogens with zero attached hydrogens (tertiary/aromatic N) is 3. The Morgan fingerprint density at radius 3 is 2.47 bits per heavy atom. The molecule has 0 bridgehead atoms. The van der Waals surface area contributed by atoms with Crippen molar-refractivity contribution in [3.63, 3.8) is 0 Å². The molecule has 4 aromatic rings. The van der Waals surface area contributed by atoms with Crippen molar-refractivity contribution in [3.8, 4) is 11.5 Å². The Bertz CT molecular complexity index is 1650. The van der Waals surface area contributed by atoms with E-state index in [0.717, 1.165) is 10.4 Å². The third-order valence-corrected chi connectivity index (χ3v) is 6.20. The number of nitrogens with one attached hydrogen (secondary N) is 1. The maximum Gasteiger partial charge on any atom is 0.419 e. The summed E-state index contributed by atoms with van der Waals surface area (Å²) in [5, 5.41) is 1.25. The first kappa shape index (κ1) is 21.9. The smallest absolute Gasteiger partial charge is 0.419 e. The summed E-state index contributed by atoms with van der Waals surface area (Å²) < 4.78 is 17.9. The lowest BCUT2D eigenvalue weighted by molar-refractivity contribution is -0.134. The molecule has 182 valence electrons. The number of aromatic nitrogens is 3. The monoisotopic (exact) mass is 486 g/mol. The minimum Gasteiger partial charge on any atom is -0.454 e. The molecule has 0 spiro atoms. The molecule has 0 aliphatic carbocycles. The Labute approximate surface area is 205 Å². The van der Waals surface area contributed by atoms with E-state index >= 15 is 0 Å². The number of hydrogen-bond donors (Lipinski definition) is 1. The number of amides is 2. The van der Waals surface area contributed by atoms with Gasteiger partial charge in [0, 0.05) is 65.3 Å². The van der Waals surface area contributed by atoms with Crippen LogP contribution in [-0.2, 0) is 14.3 Å². The lowest BCUT2D eigenvalue weighted by Crippen LogP contribution is -2.27. The molecule has 0 radical (unpaired) electrons. The molecule has 0 saturated heterocycles. The molecular weight excluding hydrogens is 464 g/mol. The van der Waals surface area contributed by atoms with Crippen molar-refractivity contribution in [2.24, 2.45) is 0 Å². The van der Waals surface area contributed by atoms with Crippen molar-refractivity contribution in [1.82, 2.24) is 19.4 Å². The van der Waals surface area contributed by atoms with Gasteiger partial charge < -0.3 is 19.2 Å². The number of ether oxygens (including phenoxy) is 3. The Hall–Kier alpha value is -4.60. The second-order valence-electron chi connectivity index (χ2n) is 9.66. The molecule has 0 fully saturated rings. The van der Waals surface area contributed by atoms with Crippen LogP contribution >= 0.6 is 0 Å². The van der Waals surface area contributed by atoms with Crippen LogP contribution in [0.2, 0.25) is 0 Å². The first-order chi connectivity index (χ1) is 17.1. The minimum atomic E-state index is -0.721. The van der Waals surface area contributed by atoms with Crippen LogP contribution < -0.4 is 9.47 Å². The molecule has 0 saturated carbocycles. The Morgan fingerprint density at radius 2 is 1.75 bits per heavy atom. The van der Waals surface area contributed by atoms with E-state index in [2.05, 4.69) is 9.97 Å². The van der Waals surface area contributed by atoms with E-state index in [4.69, 9.17) is 14.2 Å². The van der Waals surface area contributed by atoms with Crippen molar-refractivity contribution >= 4 is 50.9 Å². The summed E-state index contributed by atoms with van der Waals surface area (Å²) >= 11 is 0. The van der Waals surface area contributed by atoms with Gasteiger partial charge in [-0.25, -0.2) is 4.79 Å². The number of hydrogen-bond acceptors (Lipinski definition) is 7. The average molecular weight is 486 g/mol. The maximum absolute atomic E-state index is 13.4. The van der Waals surface area contributed by atoms with Crippen LogP contribution in [0.15, 0.2) is 43.0 Å². The number of aromatic amines is 1. The van der Waals surface area contributed by atoms with Crippen molar-refractivity contribution in [1.29, 1.82) is 0 Å². The van der Waals surface area contributed by atoms with Crippen LogP contribution in [-0.4, -0.2) is 56.8 Å². The van der Waals surface area contributed by atoms with E-state index in [0.29, 0.717) is 38.9 Å².